The minimum absolute atomic E-state index is 0.374. The SMILES string of the molecule is c1ccc(-c2ccc(C3=NC(n4c5ccccc5c5cc(-c6ccccc6)cc(-c6ccccc6)c54)=NC(c4ccc(-c5ccccc5)cc4)N3)cc2)cc1. The fraction of sp³-hybridized carbons (Fsp3) is 0.0196. The Bertz CT molecular complexity index is 2840. The van der Waals surface area contributed by atoms with E-state index in [1.807, 2.05) is 12.1 Å². The van der Waals surface area contributed by atoms with Gasteiger partial charge in [-0.2, -0.15) is 4.99 Å². The number of rotatable bonds is 6. The molecule has 0 saturated carbocycles. The molecule has 1 aliphatic rings. The summed E-state index contributed by atoms with van der Waals surface area (Å²) in [6.07, 6.45) is -0.374. The van der Waals surface area contributed by atoms with Crippen molar-refractivity contribution in [2.45, 2.75) is 6.17 Å². The molecule has 0 bridgehead atoms. The lowest BCUT2D eigenvalue weighted by molar-refractivity contribution is 0.668. The van der Waals surface area contributed by atoms with E-state index in [0.717, 1.165) is 55.5 Å². The maximum Gasteiger partial charge on any atom is 0.234 e. The van der Waals surface area contributed by atoms with Crippen LogP contribution in [0.4, 0.5) is 0 Å². The maximum atomic E-state index is 5.43. The van der Waals surface area contributed by atoms with E-state index in [4.69, 9.17) is 9.98 Å². The van der Waals surface area contributed by atoms with Crippen LogP contribution in [0.15, 0.2) is 216 Å². The number of amidine groups is 1. The van der Waals surface area contributed by atoms with Gasteiger partial charge < -0.3 is 5.32 Å². The molecule has 2 heterocycles. The van der Waals surface area contributed by atoms with Crippen LogP contribution < -0.4 is 5.32 Å². The van der Waals surface area contributed by atoms with E-state index in [-0.39, 0.29) is 6.17 Å². The van der Waals surface area contributed by atoms with Crippen molar-refractivity contribution in [3.05, 3.63) is 217 Å². The Morgan fingerprint density at radius 2 is 0.873 bits per heavy atom. The van der Waals surface area contributed by atoms with Crippen molar-refractivity contribution in [2.24, 2.45) is 9.98 Å². The van der Waals surface area contributed by atoms with E-state index in [1.54, 1.807) is 0 Å². The lowest BCUT2D eigenvalue weighted by Crippen LogP contribution is -2.35. The van der Waals surface area contributed by atoms with E-state index in [1.165, 1.54) is 27.8 Å². The monoisotopic (exact) mass is 704 g/mol. The van der Waals surface area contributed by atoms with Crippen LogP contribution >= 0.6 is 0 Å². The molecule has 8 aromatic carbocycles. The molecule has 1 N–H and O–H groups in total. The standard InChI is InChI=1S/C51H36N4/c1-5-15-35(16-6-1)38-25-29-41(30-26-38)49-52-50(42-31-27-39(28-32-42)36-17-7-2-8-18-36)54-51(53-49)55-47-24-14-13-23-44(47)46-34-43(37-19-9-3-10-20-37)33-45(48(46)55)40-21-11-4-12-22-40/h1-34,49H,(H,52,53,54). The molecule has 9 aromatic rings. The second-order valence-corrected chi connectivity index (χ2v) is 13.9. The van der Waals surface area contributed by atoms with Gasteiger partial charge in [-0.25, -0.2) is 4.99 Å². The molecule has 1 aromatic heterocycles. The van der Waals surface area contributed by atoms with Crippen LogP contribution in [0.2, 0.25) is 0 Å². The fourth-order valence-corrected chi connectivity index (χ4v) is 7.73. The Morgan fingerprint density at radius 1 is 0.400 bits per heavy atom. The van der Waals surface area contributed by atoms with Gasteiger partial charge in [-0.05, 0) is 62.7 Å². The molecule has 0 saturated heterocycles. The highest BCUT2D eigenvalue weighted by molar-refractivity contribution is 6.20. The number of para-hydroxylation sites is 1. The second kappa shape index (κ2) is 13.9. The number of aliphatic imine (C=N–C) groups is 2. The van der Waals surface area contributed by atoms with Crippen molar-refractivity contribution >= 4 is 33.6 Å². The minimum Gasteiger partial charge on any atom is -0.344 e. The average Bonchev–Trinajstić information content (AvgIpc) is 3.62. The first-order chi connectivity index (χ1) is 27.3. The molecule has 0 aliphatic carbocycles. The molecule has 10 rings (SSSR count). The summed E-state index contributed by atoms with van der Waals surface area (Å²) in [6.45, 7) is 0. The maximum absolute atomic E-state index is 5.43. The predicted octanol–water partition coefficient (Wildman–Crippen LogP) is 12.4. The first-order valence-corrected chi connectivity index (χ1v) is 18.7. The summed E-state index contributed by atoms with van der Waals surface area (Å²) in [7, 11) is 0. The first-order valence-electron chi connectivity index (χ1n) is 18.7. The Balaban J connectivity index is 1.19. The molecule has 0 spiro atoms. The molecule has 1 atom stereocenters. The minimum atomic E-state index is -0.374. The van der Waals surface area contributed by atoms with Crippen molar-refractivity contribution in [2.75, 3.05) is 0 Å². The van der Waals surface area contributed by atoms with Crippen LogP contribution in [0.1, 0.15) is 17.3 Å². The third kappa shape index (κ3) is 6.10. The van der Waals surface area contributed by atoms with Crippen LogP contribution in [0.5, 0.6) is 0 Å². The van der Waals surface area contributed by atoms with Crippen molar-refractivity contribution in [3.8, 4) is 44.5 Å². The van der Waals surface area contributed by atoms with Gasteiger partial charge in [0.05, 0.1) is 11.0 Å². The van der Waals surface area contributed by atoms with Crippen molar-refractivity contribution in [3.63, 3.8) is 0 Å². The van der Waals surface area contributed by atoms with Crippen molar-refractivity contribution in [1.29, 1.82) is 0 Å². The molecule has 55 heavy (non-hydrogen) atoms. The first kappa shape index (κ1) is 32.4. The number of aromatic nitrogens is 1. The van der Waals surface area contributed by atoms with E-state index in [9.17, 15) is 0 Å². The fourth-order valence-electron chi connectivity index (χ4n) is 7.73. The van der Waals surface area contributed by atoms with Crippen molar-refractivity contribution < 1.29 is 0 Å². The Kier molecular flexibility index (Phi) is 8.19. The van der Waals surface area contributed by atoms with Crippen molar-refractivity contribution in [1.82, 2.24) is 9.88 Å². The molecule has 260 valence electrons. The van der Waals surface area contributed by atoms with Gasteiger partial charge >= 0.3 is 0 Å². The highest BCUT2D eigenvalue weighted by Gasteiger charge is 2.26. The molecule has 1 unspecified atom stereocenters. The topological polar surface area (TPSA) is 41.7 Å². The van der Waals surface area contributed by atoms with E-state index < -0.39 is 0 Å². The number of benzene rings is 8. The summed E-state index contributed by atoms with van der Waals surface area (Å²) in [6, 6.07) is 72.9. The van der Waals surface area contributed by atoms with Gasteiger partial charge in [0.1, 0.15) is 12.0 Å². The molecule has 0 amide bonds. The van der Waals surface area contributed by atoms with Crippen LogP contribution in [0.25, 0.3) is 66.3 Å². The van der Waals surface area contributed by atoms with Crippen LogP contribution in [0.3, 0.4) is 0 Å². The van der Waals surface area contributed by atoms with Crippen LogP contribution in [0, 0.1) is 0 Å². The summed E-state index contributed by atoms with van der Waals surface area (Å²) in [5.41, 5.74) is 13.5. The lowest BCUT2D eigenvalue weighted by atomic mass is 9.95. The molecular weight excluding hydrogens is 669 g/mol. The molecule has 1 aliphatic heterocycles. The zero-order chi connectivity index (χ0) is 36.6. The Hall–Kier alpha value is -7.30. The Labute approximate surface area is 320 Å². The highest BCUT2D eigenvalue weighted by atomic mass is 15.3. The van der Waals surface area contributed by atoms with Crippen LogP contribution in [-0.4, -0.2) is 16.4 Å². The summed E-state index contributed by atoms with van der Waals surface area (Å²) < 4.78 is 2.27. The van der Waals surface area contributed by atoms with Gasteiger partial charge in [0, 0.05) is 21.9 Å². The van der Waals surface area contributed by atoms with Gasteiger partial charge in [0.15, 0.2) is 0 Å². The number of nitrogens with one attached hydrogen (secondary N) is 1. The normalized spacial score (nSPS) is 14.0. The van der Waals surface area contributed by atoms with Crippen LogP contribution in [-0.2, 0) is 0 Å². The van der Waals surface area contributed by atoms with Gasteiger partial charge in [0.2, 0.25) is 5.96 Å². The smallest absolute Gasteiger partial charge is 0.234 e. The van der Waals surface area contributed by atoms with Gasteiger partial charge in [-0.3, -0.25) is 4.57 Å². The second-order valence-electron chi connectivity index (χ2n) is 13.9. The lowest BCUT2D eigenvalue weighted by Gasteiger charge is -2.25. The summed E-state index contributed by atoms with van der Waals surface area (Å²) >= 11 is 0. The number of fused-ring (bicyclic) bond motifs is 3. The van der Waals surface area contributed by atoms with E-state index >= 15 is 0 Å². The quantitative estimate of drug-likeness (QED) is 0.184. The number of hydrogen-bond donors (Lipinski definition) is 1. The third-order valence-corrected chi connectivity index (χ3v) is 10.5. The van der Waals surface area contributed by atoms with Gasteiger partial charge in [0.25, 0.3) is 0 Å². The molecule has 4 nitrogen and oxygen atoms in total. The summed E-state index contributed by atoms with van der Waals surface area (Å²) in [4.78, 5) is 10.8. The third-order valence-electron chi connectivity index (χ3n) is 10.5. The number of hydrogen-bond acceptors (Lipinski definition) is 3. The molecule has 0 radical (unpaired) electrons. The van der Waals surface area contributed by atoms with Gasteiger partial charge in [-0.1, -0.05) is 188 Å². The largest absolute Gasteiger partial charge is 0.344 e. The average molecular weight is 705 g/mol. The Morgan fingerprint density at radius 3 is 1.47 bits per heavy atom. The van der Waals surface area contributed by atoms with E-state index in [2.05, 4.69) is 204 Å². The summed E-state index contributed by atoms with van der Waals surface area (Å²) in [5, 5.41) is 6.03. The highest BCUT2D eigenvalue weighted by Crippen LogP contribution is 2.40. The molecule has 4 heteroatoms. The van der Waals surface area contributed by atoms with E-state index in [0.29, 0.717) is 5.96 Å². The molecular formula is C51H36N4. The predicted molar refractivity (Wildman–Crippen MR) is 229 cm³/mol. The zero-order valence-electron chi connectivity index (χ0n) is 30.0. The van der Waals surface area contributed by atoms with Gasteiger partial charge in [-0.15, -0.1) is 0 Å². The zero-order valence-corrected chi connectivity index (χ0v) is 30.0. The number of nitrogens with zero attached hydrogens (tertiary/aromatic N) is 3. The molecule has 0 fully saturated rings. The summed E-state index contributed by atoms with van der Waals surface area (Å²) in [5.74, 6) is 1.41.